The highest BCUT2D eigenvalue weighted by Gasteiger charge is 2.31. The van der Waals surface area contributed by atoms with E-state index in [1.54, 1.807) is 0 Å². The Kier molecular flexibility index (Phi) is 3.69. The molecule has 98 valence electrons. The number of rotatable bonds is 2. The molecule has 2 saturated heterocycles. The maximum Gasteiger partial charge on any atom is 0.0346 e. The van der Waals surface area contributed by atoms with Crippen LogP contribution in [-0.2, 0) is 0 Å². The summed E-state index contributed by atoms with van der Waals surface area (Å²) in [4.78, 5) is 5.47. The van der Waals surface area contributed by atoms with Crippen LogP contribution < -0.4 is 5.32 Å². The van der Waals surface area contributed by atoms with Gasteiger partial charge >= 0.3 is 0 Å². The Labute approximate surface area is 106 Å². The lowest BCUT2D eigenvalue weighted by atomic mass is 9.86. The maximum absolute atomic E-state index is 3.38. The molecule has 0 radical (unpaired) electrons. The lowest BCUT2D eigenvalue weighted by Crippen LogP contribution is -2.62. The minimum Gasteiger partial charge on any atom is -0.314 e. The lowest BCUT2D eigenvalue weighted by Gasteiger charge is -2.46. The van der Waals surface area contributed by atoms with Crippen LogP contribution in [0, 0.1) is 5.92 Å². The Morgan fingerprint density at radius 1 is 0.765 bits per heavy atom. The van der Waals surface area contributed by atoms with Crippen molar-refractivity contribution in [2.75, 3.05) is 39.3 Å². The summed E-state index contributed by atoms with van der Waals surface area (Å²) < 4.78 is 0. The van der Waals surface area contributed by atoms with E-state index >= 15 is 0 Å². The molecule has 3 aliphatic rings. The zero-order chi connectivity index (χ0) is 11.7. The van der Waals surface area contributed by atoms with Gasteiger partial charge in [-0.05, 0) is 31.6 Å². The molecule has 3 nitrogen and oxygen atoms in total. The van der Waals surface area contributed by atoms with Gasteiger partial charge in [0.25, 0.3) is 0 Å². The molecule has 3 fully saturated rings. The van der Waals surface area contributed by atoms with Crippen molar-refractivity contribution in [1.82, 2.24) is 15.1 Å². The molecule has 0 aromatic heterocycles. The summed E-state index contributed by atoms with van der Waals surface area (Å²) in [6, 6.07) is 1.76. The van der Waals surface area contributed by atoms with Crippen LogP contribution in [0.25, 0.3) is 0 Å². The predicted molar refractivity (Wildman–Crippen MR) is 71.2 cm³/mol. The summed E-state index contributed by atoms with van der Waals surface area (Å²) in [6.45, 7) is 10.1. The standard InChI is InChI=1S/C14H27N3/c1-12-2-4-13(5-3-12)16-6-8-17(9-7-16)14-10-15-11-14/h12-15H,2-11H2,1H3. The zero-order valence-electron chi connectivity index (χ0n) is 11.2. The second-order valence-electron chi connectivity index (χ2n) is 6.30. The van der Waals surface area contributed by atoms with Gasteiger partial charge in [0.15, 0.2) is 0 Å². The van der Waals surface area contributed by atoms with Gasteiger partial charge in [0.2, 0.25) is 0 Å². The summed E-state index contributed by atoms with van der Waals surface area (Å²) in [6.07, 6.45) is 5.81. The van der Waals surface area contributed by atoms with E-state index in [4.69, 9.17) is 0 Å². The molecule has 1 aliphatic carbocycles. The SMILES string of the molecule is CC1CCC(N2CCN(C3CNC3)CC2)CC1. The fourth-order valence-electron chi connectivity index (χ4n) is 3.61. The normalized spacial score (nSPS) is 37.9. The molecule has 0 unspecified atom stereocenters. The summed E-state index contributed by atoms with van der Waals surface area (Å²) in [7, 11) is 0. The summed E-state index contributed by atoms with van der Waals surface area (Å²) in [5, 5.41) is 3.38. The third-order valence-corrected chi connectivity index (χ3v) is 5.13. The van der Waals surface area contributed by atoms with Gasteiger partial charge in [-0.25, -0.2) is 0 Å². The summed E-state index contributed by atoms with van der Waals surface area (Å²) >= 11 is 0. The van der Waals surface area contributed by atoms with Crippen LogP contribution >= 0.6 is 0 Å². The monoisotopic (exact) mass is 237 g/mol. The lowest BCUT2D eigenvalue weighted by molar-refractivity contribution is 0.0383. The predicted octanol–water partition coefficient (Wildman–Crippen LogP) is 1.15. The van der Waals surface area contributed by atoms with Crippen LogP contribution in [0.2, 0.25) is 0 Å². The van der Waals surface area contributed by atoms with Crippen LogP contribution in [0.15, 0.2) is 0 Å². The molecule has 0 spiro atoms. The molecule has 2 aliphatic heterocycles. The van der Waals surface area contributed by atoms with Crippen molar-refractivity contribution in [3.05, 3.63) is 0 Å². The number of hydrogen-bond acceptors (Lipinski definition) is 3. The fourth-order valence-corrected chi connectivity index (χ4v) is 3.61. The van der Waals surface area contributed by atoms with Gasteiger partial charge in [-0.15, -0.1) is 0 Å². The Bertz CT molecular complexity index is 236. The first-order chi connectivity index (χ1) is 8.33. The molecule has 1 N–H and O–H groups in total. The number of hydrogen-bond donors (Lipinski definition) is 1. The highest BCUT2D eigenvalue weighted by Crippen LogP contribution is 2.27. The largest absolute Gasteiger partial charge is 0.314 e. The maximum atomic E-state index is 3.38. The molecule has 0 amide bonds. The Morgan fingerprint density at radius 2 is 1.29 bits per heavy atom. The van der Waals surface area contributed by atoms with Crippen LogP contribution in [0.4, 0.5) is 0 Å². The first kappa shape index (κ1) is 11.9. The van der Waals surface area contributed by atoms with Gasteiger partial charge < -0.3 is 5.32 Å². The molecule has 0 atom stereocenters. The van der Waals surface area contributed by atoms with Crippen molar-refractivity contribution < 1.29 is 0 Å². The van der Waals surface area contributed by atoms with E-state index in [-0.39, 0.29) is 0 Å². The van der Waals surface area contributed by atoms with E-state index in [1.807, 2.05) is 0 Å². The highest BCUT2D eigenvalue weighted by molar-refractivity contribution is 4.89. The first-order valence-corrected chi connectivity index (χ1v) is 7.52. The summed E-state index contributed by atoms with van der Waals surface area (Å²) in [5.41, 5.74) is 0. The highest BCUT2D eigenvalue weighted by atomic mass is 15.3. The molecule has 2 heterocycles. The van der Waals surface area contributed by atoms with E-state index < -0.39 is 0 Å². The van der Waals surface area contributed by atoms with Crippen LogP contribution in [0.1, 0.15) is 32.6 Å². The minimum absolute atomic E-state index is 0.850. The Hall–Kier alpha value is -0.120. The van der Waals surface area contributed by atoms with Gasteiger partial charge in [-0.3, -0.25) is 9.80 Å². The van der Waals surface area contributed by atoms with E-state index in [1.165, 1.54) is 65.0 Å². The smallest absolute Gasteiger partial charge is 0.0346 e. The molecule has 0 bridgehead atoms. The van der Waals surface area contributed by atoms with Gasteiger partial charge in [-0.1, -0.05) is 6.92 Å². The molecular formula is C14H27N3. The third kappa shape index (κ3) is 2.67. The van der Waals surface area contributed by atoms with Crippen molar-refractivity contribution in [3.63, 3.8) is 0 Å². The van der Waals surface area contributed by atoms with Crippen molar-refractivity contribution in [2.45, 2.75) is 44.7 Å². The quantitative estimate of drug-likeness (QED) is 0.777. The third-order valence-electron chi connectivity index (χ3n) is 5.13. The van der Waals surface area contributed by atoms with Crippen molar-refractivity contribution in [1.29, 1.82) is 0 Å². The molecule has 3 rings (SSSR count). The molecular weight excluding hydrogens is 210 g/mol. The average molecular weight is 237 g/mol. The fraction of sp³-hybridized carbons (Fsp3) is 1.00. The molecule has 3 heteroatoms. The summed E-state index contributed by atoms with van der Waals surface area (Å²) in [5.74, 6) is 0.980. The first-order valence-electron chi connectivity index (χ1n) is 7.52. The topological polar surface area (TPSA) is 18.5 Å². The van der Waals surface area contributed by atoms with E-state index in [9.17, 15) is 0 Å². The Morgan fingerprint density at radius 3 is 1.76 bits per heavy atom. The van der Waals surface area contributed by atoms with Gasteiger partial charge in [-0.2, -0.15) is 0 Å². The van der Waals surface area contributed by atoms with E-state index in [2.05, 4.69) is 22.0 Å². The average Bonchev–Trinajstić information content (AvgIpc) is 2.29. The van der Waals surface area contributed by atoms with Gasteiger partial charge in [0, 0.05) is 51.4 Å². The van der Waals surface area contributed by atoms with E-state index in [0.717, 1.165) is 18.0 Å². The van der Waals surface area contributed by atoms with Crippen LogP contribution in [-0.4, -0.2) is 61.2 Å². The van der Waals surface area contributed by atoms with Gasteiger partial charge in [0.1, 0.15) is 0 Å². The second-order valence-corrected chi connectivity index (χ2v) is 6.30. The number of nitrogens with one attached hydrogen (secondary N) is 1. The van der Waals surface area contributed by atoms with Crippen LogP contribution in [0.5, 0.6) is 0 Å². The number of piperazine rings is 1. The second kappa shape index (κ2) is 5.25. The molecule has 0 aromatic carbocycles. The Balaban J connectivity index is 1.44. The van der Waals surface area contributed by atoms with Crippen molar-refractivity contribution in [2.24, 2.45) is 5.92 Å². The molecule has 0 aromatic rings. The van der Waals surface area contributed by atoms with Crippen molar-refractivity contribution >= 4 is 0 Å². The number of nitrogens with zero attached hydrogens (tertiary/aromatic N) is 2. The van der Waals surface area contributed by atoms with Crippen LogP contribution in [0.3, 0.4) is 0 Å². The molecule has 17 heavy (non-hydrogen) atoms. The molecule has 1 saturated carbocycles. The van der Waals surface area contributed by atoms with Crippen molar-refractivity contribution in [3.8, 4) is 0 Å². The minimum atomic E-state index is 0.850. The van der Waals surface area contributed by atoms with E-state index in [0.29, 0.717) is 0 Å². The zero-order valence-corrected chi connectivity index (χ0v) is 11.2. The van der Waals surface area contributed by atoms with Gasteiger partial charge in [0.05, 0.1) is 0 Å².